The average molecular weight is 393 g/mol. The molecule has 0 radical (unpaired) electrons. The van der Waals surface area contributed by atoms with Gasteiger partial charge in [-0.1, -0.05) is 11.6 Å². The summed E-state index contributed by atoms with van der Waals surface area (Å²) < 4.78 is 0. The first-order valence-corrected chi connectivity index (χ1v) is 7.99. The molecule has 0 spiro atoms. The largest absolute Gasteiger partial charge is 0.332 e. The molecule has 0 saturated heterocycles. The zero-order valence-corrected chi connectivity index (χ0v) is 15.0. The Morgan fingerprint density at radius 1 is 1.08 bits per heavy atom. The van der Waals surface area contributed by atoms with Gasteiger partial charge in [-0.25, -0.2) is 0 Å². The van der Waals surface area contributed by atoms with Gasteiger partial charge >= 0.3 is 0 Å². The van der Waals surface area contributed by atoms with E-state index in [-0.39, 0.29) is 27.3 Å². The van der Waals surface area contributed by atoms with Gasteiger partial charge in [0.2, 0.25) is 5.91 Å². The molecule has 0 aliphatic rings. The fourth-order valence-electron chi connectivity index (χ4n) is 1.96. The van der Waals surface area contributed by atoms with Crippen LogP contribution in [-0.2, 0) is 4.79 Å². The molecule has 0 bridgehead atoms. The lowest BCUT2D eigenvalue weighted by molar-refractivity contribution is -0.384. The van der Waals surface area contributed by atoms with Crippen molar-refractivity contribution in [1.82, 2.24) is 5.32 Å². The highest BCUT2D eigenvalue weighted by Crippen LogP contribution is 2.25. The second kappa shape index (κ2) is 8.37. The Morgan fingerprint density at radius 3 is 2.19 bits per heavy atom. The summed E-state index contributed by atoms with van der Waals surface area (Å²) in [6.45, 7) is 1.34. The van der Waals surface area contributed by atoms with Gasteiger partial charge in [-0.3, -0.25) is 19.7 Å². The Hall–Kier alpha value is -3.04. The molecule has 26 heavy (non-hydrogen) atoms. The van der Waals surface area contributed by atoms with Gasteiger partial charge in [0.25, 0.3) is 11.6 Å². The van der Waals surface area contributed by atoms with E-state index in [2.05, 4.69) is 16.0 Å². The third-order valence-electron chi connectivity index (χ3n) is 3.10. The number of nitro benzene ring substituents is 1. The van der Waals surface area contributed by atoms with Crippen molar-refractivity contribution >= 4 is 57.8 Å². The lowest BCUT2D eigenvalue weighted by atomic mass is 10.2. The van der Waals surface area contributed by atoms with E-state index >= 15 is 0 Å². The fourth-order valence-corrected chi connectivity index (χ4v) is 2.40. The summed E-state index contributed by atoms with van der Waals surface area (Å²) in [4.78, 5) is 33.4. The summed E-state index contributed by atoms with van der Waals surface area (Å²) >= 11 is 10.7. The lowest BCUT2D eigenvalue weighted by Crippen LogP contribution is -2.32. The number of nitrogens with one attached hydrogen (secondary N) is 3. The van der Waals surface area contributed by atoms with Gasteiger partial charge in [0.1, 0.15) is 5.02 Å². The number of carbonyl (C=O) groups excluding carboxylic acids is 2. The number of nitrogens with zero attached hydrogens (tertiary/aromatic N) is 1. The maximum absolute atomic E-state index is 12.2. The molecule has 2 aromatic rings. The number of benzene rings is 2. The van der Waals surface area contributed by atoms with Crippen LogP contribution in [0.4, 0.5) is 17.1 Å². The quantitative estimate of drug-likeness (QED) is 0.418. The van der Waals surface area contributed by atoms with Crippen LogP contribution in [0.2, 0.25) is 5.02 Å². The van der Waals surface area contributed by atoms with Crippen molar-refractivity contribution in [1.29, 1.82) is 0 Å². The highest BCUT2D eigenvalue weighted by molar-refractivity contribution is 7.80. The molecule has 2 aromatic carbocycles. The van der Waals surface area contributed by atoms with Crippen molar-refractivity contribution < 1.29 is 14.5 Å². The molecule has 0 aliphatic carbocycles. The SMILES string of the molecule is CC(=O)NC(=S)Nc1ccc(NC(=O)c2ccc(Cl)c([N+](=O)[O-])c2)cc1. The molecule has 0 aromatic heterocycles. The molecule has 0 aliphatic heterocycles. The van der Waals surface area contributed by atoms with Crippen LogP contribution in [0, 0.1) is 10.1 Å². The number of nitro groups is 1. The Bertz CT molecular complexity index is 886. The average Bonchev–Trinajstić information content (AvgIpc) is 2.56. The Labute approximate surface area is 158 Å². The molecule has 0 unspecified atom stereocenters. The Kier molecular flexibility index (Phi) is 6.21. The van der Waals surface area contributed by atoms with E-state index in [1.807, 2.05) is 0 Å². The van der Waals surface area contributed by atoms with Crippen molar-refractivity contribution in [3.63, 3.8) is 0 Å². The highest BCUT2D eigenvalue weighted by Gasteiger charge is 2.16. The minimum atomic E-state index is -0.655. The summed E-state index contributed by atoms with van der Waals surface area (Å²) in [5.41, 5.74) is 0.855. The second-order valence-corrected chi connectivity index (χ2v) is 5.91. The van der Waals surface area contributed by atoms with E-state index in [1.54, 1.807) is 24.3 Å². The lowest BCUT2D eigenvalue weighted by Gasteiger charge is -2.09. The summed E-state index contributed by atoms with van der Waals surface area (Å²) in [6, 6.07) is 10.3. The number of hydrogen-bond acceptors (Lipinski definition) is 5. The van der Waals surface area contributed by atoms with E-state index in [0.717, 1.165) is 6.07 Å². The van der Waals surface area contributed by atoms with Gasteiger partial charge in [0, 0.05) is 29.9 Å². The molecule has 0 saturated carbocycles. The number of amides is 2. The first kappa shape index (κ1) is 19.3. The van der Waals surface area contributed by atoms with Crippen molar-refractivity contribution in [2.24, 2.45) is 0 Å². The number of rotatable bonds is 4. The van der Waals surface area contributed by atoms with Gasteiger partial charge in [0.15, 0.2) is 5.11 Å². The summed E-state index contributed by atoms with van der Waals surface area (Å²) in [7, 11) is 0. The molecule has 134 valence electrons. The van der Waals surface area contributed by atoms with Crippen LogP contribution in [0.3, 0.4) is 0 Å². The van der Waals surface area contributed by atoms with Crippen LogP contribution in [0.25, 0.3) is 0 Å². The number of carbonyl (C=O) groups is 2. The number of halogens is 1. The smallest absolute Gasteiger partial charge is 0.288 e. The molecule has 0 atom stereocenters. The molecule has 2 amide bonds. The fraction of sp³-hybridized carbons (Fsp3) is 0.0625. The minimum Gasteiger partial charge on any atom is -0.332 e. The van der Waals surface area contributed by atoms with Crippen LogP contribution in [0.15, 0.2) is 42.5 Å². The van der Waals surface area contributed by atoms with E-state index in [9.17, 15) is 19.7 Å². The molecule has 3 N–H and O–H groups in total. The predicted octanol–water partition coefficient (Wildman–Crippen LogP) is 3.33. The standard InChI is InChI=1S/C16H13ClN4O4S/c1-9(22)18-16(26)20-12-5-3-11(4-6-12)19-15(23)10-2-7-13(17)14(8-10)21(24)25/h2-8H,1H3,(H,19,23)(H2,18,20,22,26). The Morgan fingerprint density at radius 2 is 1.65 bits per heavy atom. The molecule has 0 heterocycles. The highest BCUT2D eigenvalue weighted by atomic mass is 35.5. The number of hydrogen-bond donors (Lipinski definition) is 3. The van der Waals surface area contributed by atoms with Crippen molar-refractivity contribution in [3.8, 4) is 0 Å². The van der Waals surface area contributed by atoms with Gasteiger partial charge < -0.3 is 16.0 Å². The maximum atomic E-state index is 12.2. The summed E-state index contributed by atoms with van der Waals surface area (Å²) in [5.74, 6) is -0.803. The first-order valence-electron chi connectivity index (χ1n) is 7.20. The summed E-state index contributed by atoms with van der Waals surface area (Å²) in [6.07, 6.45) is 0. The van der Waals surface area contributed by atoms with E-state index in [4.69, 9.17) is 23.8 Å². The Balaban J connectivity index is 2.06. The number of thiocarbonyl (C=S) groups is 1. The molecule has 2 rings (SSSR count). The molecular weight excluding hydrogens is 380 g/mol. The zero-order valence-electron chi connectivity index (χ0n) is 13.4. The maximum Gasteiger partial charge on any atom is 0.288 e. The monoisotopic (exact) mass is 392 g/mol. The zero-order chi connectivity index (χ0) is 19.3. The molecule has 10 heteroatoms. The van der Waals surface area contributed by atoms with Gasteiger partial charge in [-0.15, -0.1) is 0 Å². The molecular formula is C16H13ClN4O4S. The third kappa shape index (κ3) is 5.23. The van der Waals surface area contributed by atoms with Gasteiger partial charge in [-0.05, 0) is 48.6 Å². The second-order valence-electron chi connectivity index (χ2n) is 5.09. The van der Waals surface area contributed by atoms with Crippen molar-refractivity contribution in [2.75, 3.05) is 10.6 Å². The van der Waals surface area contributed by atoms with Gasteiger partial charge in [0.05, 0.1) is 4.92 Å². The predicted molar refractivity (Wildman–Crippen MR) is 103 cm³/mol. The number of anilines is 2. The van der Waals surface area contributed by atoms with Crippen LogP contribution in [0.1, 0.15) is 17.3 Å². The summed E-state index contributed by atoms with van der Waals surface area (Å²) in [5, 5.41) is 18.9. The van der Waals surface area contributed by atoms with E-state index in [0.29, 0.717) is 11.4 Å². The first-order chi connectivity index (χ1) is 12.3. The third-order valence-corrected chi connectivity index (χ3v) is 3.62. The molecule has 8 nitrogen and oxygen atoms in total. The molecule has 0 fully saturated rings. The van der Waals surface area contributed by atoms with Crippen LogP contribution in [-0.4, -0.2) is 21.9 Å². The van der Waals surface area contributed by atoms with Crippen LogP contribution in [0.5, 0.6) is 0 Å². The normalized spacial score (nSPS) is 9.92. The van der Waals surface area contributed by atoms with Crippen molar-refractivity contribution in [2.45, 2.75) is 6.92 Å². The van der Waals surface area contributed by atoms with E-state index in [1.165, 1.54) is 19.1 Å². The van der Waals surface area contributed by atoms with Gasteiger partial charge in [-0.2, -0.15) is 0 Å². The van der Waals surface area contributed by atoms with Crippen LogP contribution < -0.4 is 16.0 Å². The van der Waals surface area contributed by atoms with E-state index < -0.39 is 10.8 Å². The van der Waals surface area contributed by atoms with Crippen molar-refractivity contribution in [3.05, 3.63) is 63.2 Å². The topological polar surface area (TPSA) is 113 Å². The minimum absolute atomic E-state index is 0.0443. The van der Waals surface area contributed by atoms with Crippen LogP contribution >= 0.6 is 23.8 Å².